The van der Waals surface area contributed by atoms with Crippen LogP contribution in [-0.4, -0.2) is 41.5 Å². The highest BCUT2D eigenvalue weighted by Gasteiger charge is 2.35. The van der Waals surface area contributed by atoms with E-state index in [0.29, 0.717) is 6.04 Å². The smallest absolute Gasteiger partial charge is 0.228 e. The molecule has 0 fully saturated rings. The third-order valence-corrected chi connectivity index (χ3v) is 5.61. The quantitative estimate of drug-likeness (QED) is 0.912. The lowest BCUT2D eigenvalue weighted by molar-refractivity contribution is -0.124. The summed E-state index contributed by atoms with van der Waals surface area (Å²) in [4.78, 5) is 18.4. The molecule has 2 aromatic rings. The van der Waals surface area contributed by atoms with Crippen LogP contribution < -0.4 is 5.32 Å². The molecule has 126 valence electrons. The summed E-state index contributed by atoms with van der Waals surface area (Å²) < 4.78 is 0. The number of hydrogen-bond acceptors (Lipinski definition) is 2. The Morgan fingerprint density at radius 3 is 3.08 bits per heavy atom. The molecule has 4 heteroatoms. The summed E-state index contributed by atoms with van der Waals surface area (Å²) in [7, 11) is 2.14. The summed E-state index contributed by atoms with van der Waals surface area (Å²) in [5, 5.41) is 4.47. The van der Waals surface area contributed by atoms with Crippen molar-refractivity contribution in [2.45, 2.75) is 38.8 Å². The summed E-state index contributed by atoms with van der Waals surface area (Å²) in [6.07, 6.45) is 6.33. The Morgan fingerprint density at radius 2 is 2.29 bits per heavy atom. The first kappa shape index (κ1) is 15.5. The van der Waals surface area contributed by atoms with Gasteiger partial charge in [0.05, 0.1) is 5.92 Å². The van der Waals surface area contributed by atoms with Crippen LogP contribution in [0.2, 0.25) is 0 Å². The van der Waals surface area contributed by atoms with E-state index in [1.165, 1.54) is 27.6 Å². The van der Waals surface area contributed by atoms with Crippen molar-refractivity contribution in [1.29, 1.82) is 0 Å². The van der Waals surface area contributed by atoms with Crippen LogP contribution >= 0.6 is 0 Å². The van der Waals surface area contributed by atoms with Gasteiger partial charge in [-0.05, 0) is 49.6 Å². The van der Waals surface area contributed by atoms with Crippen molar-refractivity contribution in [1.82, 2.24) is 15.2 Å². The molecule has 4 nitrogen and oxygen atoms in total. The standard InChI is InChI=1S/C20H25N3O/c1-4-12(2)22-20(24)14-8-16-15-6-5-7-17-19(15)13(10-21-17)9-18(16)23(3)11-14/h5-8,10,12,14,18,21H,4,9,11H2,1-3H3,(H,22,24)/t12-,14-,18?/m1/s1. The van der Waals surface area contributed by atoms with E-state index in [2.05, 4.69) is 66.6 Å². The van der Waals surface area contributed by atoms with E-state index in [1.807, 2.05) is 0 Å². The van der Waals surface area contributed by atoms with Crippen molar-refractivity contribution >= 4 is 22.4 Å². The van der Waals surface area contributed by atoms with E-state index in [4.69, 9.17) is 0 Å². The van der Waals surface area contributed by atoms with Crippen molar-refractivity contribution in [3.8, 4) is 0 Å². The molecule has 2 heterocycles. The van der Waals surface area contributed by atoms with Crippen LogP contribution in [0, 0.1) is 5.92 Å². The highest BCUT2D eigenvalue weighted by atomic mass is 16.2. The van der Waals surface area contributed by atoms with Gasteiger partial charge >= 0.3 is 0 Å². The average molecular weight is 323 g/mol. The zero-order valence-corrected chi connectivity index (χ0v) is 14.6. The second kappa shape index (κ2) is 5.78. The summed E-state index contributed by atoms with van der Waals surface area (Å²) in [6, 6.07) is 7.02. The highest BCUT2D eigenvalue weighted by Crippen LogP contribution is 2.40. The lowest BCUT2D eigenvalue weighted by atomic mass is 9.80. The Morgan fingerprint density at radius 1 is 1.46 bits per heavy atom. The zero-order valence-electron chi connectivity index (χ0n) is 14.6. The number of nitrogens with zero attached hydrogens (tertiary/aromatic N) is 1. The van der Waals surface area contributed by atoms with Gasteiger partial charge in [-0.1, -0.05) is 25.1 Å². The lowest BCUT2D eigenvalue weighted by Gasteiger charge is -2.39. The predicted octanol–water partition coefficient (Wildman–Crippen LogP) is 2.95. The number of fused-ring (bicyclic) bond motifs is 2. The van der Waals surface area contributed by atoms with Gasteiger partial charge in [-0.2, -0.15) is 0 Å². The van der Waals surface area contributed by atoms with Crippen molar-refractivity contribution in [2.24, 2.45) is 5.92 Å². The second-order valence-electron chi connectivity index (χ2n) is 7.25. The molecule has 0 saturated heterocycles. The zero-order chi connectivity index (χ0) is 16.8. The first-order valence-corrected chi connectivity index (χ1v) is 8.90. The third kappa shape index (κ3) is 2.37. The molecule has 1 amide bonds. The molecule has 1 aromatic carbocycles. The van der Waals surface area contributed by atoms with Gasteiger partial charge < -0.3 is 10.3 Å². The van der Waals surface area contributed by atoms with Crippen LogP contribution in [0.25, 0.3) is 16.5 Å². The molecule has 0 spiro atoms. The molecule has 1 aliphatic carbocycles. The van der Waals surface area contributed by atoms with E-state index in [0.717, 1.165) is 19.4 Å². The summed E-state index contributed by atoms with van der Waals surface area (Å²) >= 11 is 0. The molecule has 2 N–H and O–H groups in total. The molecule has 24 heavy (non-hydrogen) atoms. The van der Waals surface area contributed by atoms with Gasteiger partial charge in [-0.25, -0.2) is 0 Å². The number of carbonyl (C=O) groups is 1. The molecule has 1 unspecified atom stereocenters. The molecule has 4 rings (SSSR count). The molecular weight excluding hydrogens is 298 g/mol. The largest absolute Gasteiger partial charge is 0.361 e. The maximum absolute atomic E-state index is 12.6. The molecule has 2 aliphatic rings. The van der Waals surface area contributed by atoms with E-state index in [9.17, 15) is 4.79 Å². The Bertz CT molecular complexity index is 819. The molecular formula is C20H25N3O. The fourth-order valence-corrected chi connectivity index (χ4v) is 4.07. The van der Waals surface area contributed by atoms with Crippen molar-refractivity contribution in [3.63, 3.8) is 0 Å². The van der Waals surface area contributed by atoms with Gasteiger partial charge in [-0.15, -0.1) is 0 Å². The maximum Gasteiger partial charge on any atom is 0.228 e. The maximum atomic E-state index is 12.6. The molecule has 0 radical (unpaired) electrons. The fourth-order valence-electron chi connectivity index (χ4n) is 4.07. The number of aromatic nitrogens is 1. The number of likely N-dealkylation sites (N-methyl/N-ethyl adjacent to an activating group) is 1. The number of H-pyrrole nitrogens is 1. The molecule has 1 aliphatic heterocycles. The van der Waals surface area contributed by atoms with Gasteiger partial charge in [0.2, 0.25) is 5.91 Å². The number of rotatable bonds is 3. The van der Waals surface area contributed by atoms with E-state index >= 15 is 0 Å². The second-order valence-corrected chi connectivity index (χ2v) is 7.25. The Labute approximate surface area is 142 Å². The molecule has 0 saturated carbocycles. The fraction of sp³-hybridized carbons (Fsp3) is 0.450. The third-order valence-electron chi connectivity index (χ3n) is 5.61. The van der Waals surface area contributed by atoms with Crippen LogP contribution in [0.4, 0.5) is 0 Å². The molecule has 0 bridgehead atoms. The van der Waals surface area contributed by atoms with E-state index in [1.54, 1.807) is 0 Å². The number of nitrogens with one attached hydrogen (secondary N) is 2. The summed E-state index contributed by atoms with van der Waals surface area (Å²) in [5.74, 6) is 0.0696. The SMILES string of the molecule is CC[C@@H](C)NC(=O)[C@@H]1C=C2c3cccc4[nH]cc(c34)CC2N(C)C1. The number of carbonyl (C=O) groups excluding carboxylic acids is 1. The average Bonchev–Trinajstić information content (AvgIpc) is 3.00. The van der Waals surface area contributed by atoms with Crippen molar-refractivity contribution < 1.29 is 4.79 Å². The van der Waals surface area contributed by atoms with Gasteiger partial charge in [0, 0.05) is 35.7 Å². The van der Waals surface area contributed by atoms with Crippen LogP contribution in [0.15, 0.2) is 30.5 Å². The summed E-state index contributed by atoms with van der Waals surface area (Å²) in [6.45, 7) is 4.95. The van der Waals surface area contributed by atoms with Gasteiger partial charge in [0.1, 0.15) is 0 Å². The van der Waals surface area contributed by atoms with Crippen molar-refractivity contribution in [3.05, 3.63) is 41.6 Å². The minimum Gasteiger partial charge on any atom is -0.361 e. The highest BCUT2D eigenvalue weighted by molar-refractivity contribution is 5.99. The first-order valence-electron chi connectivity index (χ1n) is 8.90. The van der Waals surface area contributed by atoms with Crippen molar-refractivity contribution in [2.75, 3.05) is 13.6 Å². The Hall–Kier alpha value is -2.07. The Kier molecular flexibility index (Phi) is 3.72. The van der Waals surface area contributed by atoms with Crippen LogP contribution in [0.1, 0.15) is 31.4 Å². The number of benzene rings is 1. The summed E-state index contributed by atoms with van der Waals surface area (Å²) in [5.41, 5.74) is 5.17. The normalized spacial score (nSPS) is 24.4. The first-order chi connectivity index (χ1) is 11.6. The van der Waals surface area contributed by atoms with Gasteiger partial charge in [-0.3, -0.25) is 9.69 Å². The van der Waals surface area contributed by atoms with E-state index < -0.39 is 0 Å². The lowest BCUT2D eigenvalue weighted by Crippen LogP contribution is -2.47. The number of hydrogen-bond donors (Lipinski definition) is 2. The minimum atomic E-state index is -0.0778. The molecule has 1 aromatic heterocycles. The van der Waals surface area contributed by atoms with E-state index in [-0.39, 0.29) is 17.9 Å². The predicted molar refractivity (Wildman–Crippen MR) is 97.8 cm³/mol. The Balaban J connectivity index is 1.75. The van der Waals surface area contributed by atoms with Crippen LogP contribution in [0.5, 0.6) is 0 Å². The number of amides is 1. The van der Waals surface area contributed by atoms with Crippen LogP contribution in [-0.2, 0) is 11.2 Å². The van der Waals surface area contributed by atoms with Crippen LogP contribution in [0.3, 0.4) is 0 Å². The number of aromatic amines is 1. The topological polar surface area (TPSA) is 48.1 Å². The minimum absolute atomic E-state index is 0.0778. The van der Waals surface area contributed by atoms with Gasteiger partial charge in [0.15, 0.2) is 0 Å². The monoisotopic (exact) mass is 323 g/mol. The van der Waals surface area contributed by atoms with Gasteiger partial charge in [0.25, 0.3) is 0 Å². The molecule has 3 atom stereocenters.